The van der Waals surface area contributed by atoms with Gasteiger partial charge in [-0.3, -0.25) is 9.52 Å². The average Bonchev–Trinajstić information content (AvgIpc) is 3.25. The minimum absolute atomic E-state index is 0.212. The SMILES string of the molecule is O=C(NCc1ccco1)c1ccccc1NS(=O)(=O)c1ccc2c(c1)CCCC2. The molecule has 2 aromatic carbocycles. The third kappa shape index (κ3) is 4.35. The van der Waals surface area contributed by atoms with E-state index in [9.17, 15) is 13.2 Å². The van der Waals surface area contributed by atoms with Crippen LogP contribution < -0.4 is 10.0 Å². The summed E-state index contributed by atoms with van der Waals surface area (Å²) >= 11 is 0. The van der Waals surface area contributed by atoms with Gasteiger partial charge in [-0.25, -0.2) is 8.42 Å². The molecule has 2 N–H and O–H groups in total. The van der Waals surface area contributed by atoms with E-state index < -0.39 is 10.0 Å². The minimum Gasteiger partial charge on any atom is -0.467 e. The van der Waals surface area contributed by atoms with E-state index in [0.717, 1.165) is 31.2 Å². The van der Waals surface area contributed by atoms with Crippen LogP contribution in [-0.4, -0.2) is 14.3 Å². The molecule has 0 bridgehead atoms. The number of sulfonamides is 1. The number of fused-ring (bicyclic) bond motifs is 1. The Labute approximate surface area is 170 Å². The van der Waals surface area contributed by atoms with Crippen LogP contribution in [0.1, 0.15) is 40.1 Å². The summed E-state index contributed by atoms with van der Waals surface area (Å²) in [6, 6.07) is 15.3. The molecule has 0 spiro atoms. The quantitative estimate of drug-likeness (QED) is 0.645. The molecule has 1 aliphatic carbocycles. The molecule has 0 atom stereocenters. The van der Waals surface area contributed by atoms with Gasteiger partial charge in [-0.05, 0) is 73.2 Å². The van der Waals surface area contributed by atoms with E-state index in [-0.39, 0.29) is 28.6 Å². The smallest absolute Gasteiger partial charge is 0.261 e. The first-order valence-electron chi connectivity index (χ1n) is 9.57. The fourth-order valence-electron chi connectivity index (χ4n) is 3.53. The third-order valence-corrected chi connectivity index (χ3v) is 6.41. The lowest BCUT2D eigenvalue weighted by Crippen LogP contribution is -2.24. The topological polar surface area (TPSA) is 88.4 Å². The zero-order chi connectivity index (χ0) is 20.3. The summed E-state index contributed by atoms with van der Waals surface area (Å²) in [5, 5.41) is 2.74. The molecule has 7 heteroatoms. The van der Waals surface area contributed by atoms with E-state index in [2.05, 4.69) is 10.0 Å². The van der Waals surface area contributed by atoms with Crippen LogP contribution in [0.2, 0.25) is 0 Å². The van der Waals surface area contributed by atoms with Gasteiger partial charge in [0.05, 0.1) is 29.0 Å². The molecule has 0 fully saturated rings. The number of aryl methyl sites for hydroxylation is 2. The molecule has 150 valence electrons. The number of furan rings is 1. The van der Waals surface area contributed by atoms with Crippen LogP contribution in [0.5, 0.6) is 0 Å². The first-order valence-corrected chi connectivity index (χ1v) is 11.1. The molecule has 4 rings (SSSR count). The third-order valence-electron chi connectivity index (χ3n) is 5.05. The fraction of sp³-hybridized carbons (Fsp3) is 0.227. The summed E-state index contributed by atoms with van der Waals surface area (Å²) in [6.07, 6.45) is 5.62. The second kappa shape index (κ2) is 8.13. The average molecular weight is 410 g/mol. The normalized spacial score (nSPS) is 13.5. The molecule has 0 saturated heterocycles. The van der Waals surface area contributed by atoms with Gasteiger partial charge in [0, 0.05) is 0 Å². The Morgan fingerprint density at radius 3 is 2.55 bits per heavy atom. The number of hydrogen-bond donors (Lipinski definition) is 2. The van der Waals surface area contributed by atoms with E-state index >= 15 is 0 Å². The number of benzene rings is 2. The molecule has 0 unspecified atom stereocenters. The number of carbonyl (C=O) groups excluding carboxylic acids is 1. The summed E-state index contributed by atoms with van der Waals surface area (Å²) in [5.74, 6) is 0.232. The van der Waals surface area contributed by atoms with Crippen molar-refractivity contribution in [3.8, 4) is 0 Å². The molecule has 1 aliphatic rings. The second-order valence-electron chi connectivity index (χ2n) is 7.05. The van der Waals surface area contributed by atoms with Crippen molar-refractivity contribution in [2.24, 2.45) is 0 Å². The molecule has 29 heavy (non-hydrogen) atoms. The highest BCUT2D eigenvalue weighted by Crippen LogP contribution is 2.26. The van der Waals surface area contributed by atoms with Crippen LogP contribution in [0.4, 0.5) is 5.69 Å². The van der Waals surface area contributed by atoms with Crippen LogP contribution in [-0.2, 0) is 29.4 Å². The molecular weight excluding hydrogens is 388 g/mol. The van der Waals surface area contributed by atoms with Crippen LogP contribution in [0, 0.1) is 0 Å². The summed E-state index contributed by atoms with van der Waals surface area (Å²) in [5.41, 5.74) is 2.79. The maximum absolute atomic E-state index is 12.9. The number of rotatable bonds is 6. The Kier molecular flexibility index (Phi) is 5.40. The first kappa shape index (κ1) is 19.3. The van der Waals surface area contributed by atoms with Crippen LogP contribution in [0.3, 0.4) is 0 Å². The zero-order valence-corrected chi connectivity index (χ0v) is 16.7. The first-order chi connectivity index (χ1) is 14.0. The fourth-order valence-corrected chi connectivity index (χ4v) is 4.66. The predicted molar refractivity (Wildman–Crippen MR) is 110 cm³/mol. The van der Waals surface area contributed by atoms with Gasteiger partial charge in [0.1, 0.15) is 5.76 Å². The molecule has 0 aliphatic heterocycles. The minimum atomic E-state index is -3.81. The monoisotopic (exact) mass is 410 g/mol. The standard InChI is InChI=1S/C22H22N2O4S/c25-22(23-15-18-8-5-13-28-18)20-9-3-4-10-21(20)24-29(26,27)19-12-11-16-6-1-2-7-17(16)14-19/h3-5,8-14,24H,1-2,6-7,15H2,(H,23,25). The van der Waals surface area contributed by atoms with Gasteiger partial charge < -0.3 is 9.73 Å². The van der Waals surface area contributed by atoms with Crippen molar-refractivity contribution in [2.45, 2.75) is 37.1 Å². The molecule has 1 amide bonds. The van der Waals surface area contributed by atoms with E-state index in [1.54, 1.807) is 48.5 Å². The van der Waals surface area contributed by atoms with Gasteiger partial charge in [0.25, 0.3) is 15.9 Å². The van der Waals surface area contributed by atoms with Gasteiger partial charge in [-0.15, -0.1) is 0 Å². The Bertz CT molecular complexity index is 1120. The molecule has 0 saturated carbocycles. The van der Waals surface area contributed by atoms with E-state index in [4.69, 9.17) is 4.42 Å². The summed E-state index contributed by atoms with van der Waals surface area (Å²) < 4.78 is 33.7. The molecule has 0 radical (unpaired) electrons. The number of anilines is 1. The number of hydrogen-bond acceptors (Lipinski definition) is 4. The maximum atomic E-state index is 12.9. The van der Waals surface area contributed by atoms with Gasteiger partial charge in [0.15, 0.2) is 0 Å². The Morgan fingerprint density at radius 2 is 1.76 bits per heavy atom. The van der Waals surface area contributed by atoms with Crippen LogP contribution >= 0.6 is 0 Å². The highest BCUT2D eigenvalue weighted by atomic mass is 32.2. The van der Waals surface area contributed by atoms with Crippen LogP contribution in [0.25, 0.3) is 0 Å². The molecular formula is C22H22N2O4S. The van der Waals surface area contributed by atoms with Crippen molar-refractivity contribution < 1.29 is 17.6 Å². The highest BCUT2D eigenvalue weighted by Gasteiger charge is 2.20. The van der Waals surface area contributed by atoms with Crippen molar-refractivity contribution in [2.75, 3.05) is 4.72 Å². The van der Waals surface area contributed by atoms with Gasteiger partial charge in [-0.1, -0.05) is 18.2 Å². The molecule has 1 heterocycles. The predicted octanol–water partition coefficient (Wildman–Crippen LogP) is 3.89. The van der Waals surface area contributed by atoms with Crippen molar-refractivity contribution in [1.82, 2.24) is 5.32 Å². The van der Waals surface area contributed by atoms with Crippen molar-refractivity contribution in [1.29, 1.82) is 0 Å². The van der Waals surface area contributed by atoms with Crippen LogP contribution in [0.15, 0.2) is 70.2 Å². The molecule has 1 aromatic heterocycles. The number of nitrogens with one attached hydrogen (secondary N) is 2. The Morgan fingerprint density at radius 1 is 0.966 bits per heavy atom. The molecule has 6 nitrogen and oxygen atoms in total. The maximum Gasteiger partial charge on any atom is 0.261 e. The van der Waals surface area contributed by atoms with Gasteiger partial charge in [-0.2, -0.15) is 0 Å². The lowest BCUT2D eigenvalue weighted by molar-refractivity contribution is 0.0949. The lowest BCUT2D eigenvalue weighted by atomic mass is 9.92. The molecule has 3 aromatic rings. The van der Waals surface area contributed by atoms with Gasteiger partial charge in [0.2, 0.25) is 0 Å². The summed E-state index contributed by atoms with van der Waals surface area (Å²) in [6.45, 7) is 0.220. The van der Waals surface area contributed by atoms with Crippen molar-refractivity contribution in [3.05, 3.63) is 83.3 Å². The number of carbonyl (C=O) groups is 1. The number of para-hydroxylation sites is 1. The Hall–Kier alpha value is -3.06. The van der Waals surface area contributed by atoms with E-state index in [1.165, 1.54) is 11.8 Å². The summed E-state index contributed by atoms with van der Waals surface area (Å²) in [7, 11) is -3.81. The van der Waals surface area contributed by atoms with Gasteiger partial charge >= 0.3 is 0 Å². The second-order valence-corrected chi connectivity index (χ2v) is 8.73. The Balaban J connectivity index is 1.55. The highest BCUT2D eigenvalue weighted by molar-refractivity contribution is 7.92. The summed E-state index contributed by atoms with van der Waals surface area (Å²) in [4.78, 5) is 12.8. The van der Waals surface area contributed by atoms with E-state index in [1.807, 2.05) is 6.07 Å². The number of amides is 1. The zero-order valence-electron chi connectivity index (χ0n) is 15.9. The van der Waals surface area contributed by atoms with Crippen molar-refractivity contribution >= 4 is 21.6 Å². The largest absolute Gasteiger partial charge is 0.467 e. The lowest BCUT2D eigenvalue weighted by Gasteiger charge is -2.17. The van der Waals surface area contributed by atoms with E-state index in [0.29, 0.717) is 5.76 Å². The van der Waals surface area contributed by atoms with Crippen molar-refractivity contribution in [3.63, 3.8) is 0 Å².